The zero-order chi connectivity index (χ0) is 13.7. The second-order valence-electron chi connectivity index (χ2n) is 4.68. The van der Waals surface area contributed by atoms with Crippen molar-refractivity contribution in [3.63, 3.8) is 0 Å². The van der Waals surface area contributed by atoms with Crippen molar-refractivity contribution in [2.75, 3.05) is 19.7 Å². The lowest BCUT2D eigenvalue weighted by Crippen LogP contribution is -2.18. The number of aliphatic hydroxyl groups is 1. The van der Waals surface area contributed by atoms with Crippen LogP contribution in [0.25, 0.3) is 11.0 Å². The van der Waals surface area contributed by atoms with Crippen LogP contribution in [0.2, 0.25) is 0 Å². The Kier molecular flexibility index (Phi) is 4.93. The van der Waals surface area contributed by atoms with Gasteiger partial charge in [0.15, 0.2) is 0 Å². The Morgan fingerprint density at radius 1 is 1.32 bits per heavy atom. The van der Waals surface area contributed by atoms with Gasteiger partial charge in [-0.05, 0) is 30.7 Å². The van der Waals surface area contributed by atoms with Crippen molar-refractivity contribution in [3.05, 3.63) is 29.6 Å². The summed E-state index contributed by atoms with van der Waals surface area (Å²) in [5.74, 6) is 1.05. The summed E-state index contributed by atoms with van der Waals surface area (Å²) in [5, 5.41) is 12.5. The number of imidazole rings is 1. The third-order valence-electron chi connectivity index (χ3n) is 3.40. The molecule has 0 saturated carbocycles. The van der Waals surface area contributed by atoms with Crippen LogP contribution >= 0.6 is 0 Å². The molecule has 0 aliphatic carbocycles. The molecular formula is C15H23N3O. The minimum absolute atomic E-state index is 0.148. The van der Waals surface area contributed by atoms with Crippen LogP contribution in [0.4, 0.5) is 0 Å². The molecule has 19 heavy (non-hydrogen) atoms. The van der Waals surface area contributed by atoms with Gasteiger partial charge in [-0.2, -0.15) is 0 Å². The Morgan fingerprint density at radius 2 is 2.16 bits per heavy atom. The van der Waals surface area contributed by atoms with E-state index in [2.05, 4.69) is 41.9 Å². The lowest BCUT2D eigenvalue weighted by atomic mass is 10.1. The minimum Gasteiger partial charge on any atom is -0.395 e. The lowest BCUT2D eigenvalue weighted by molar-refractivity contribution is 0.276. The Labute approximate surface area is 114 Å². The fraction of sp³-hybridized carbons (Fsp3) is 0.533. The van der Waals surface area contributed by atoms with Crippen LogP contribution in [-0.4, -0.2) is 34.4 Å². The molecule has 0 spiro atoms. The number of aryl methyl sites for hydroxylation is 1. The van der Waals surface area contributed by atoms with Crippen molar-refractivity contribution < 1.29 is 5.11 Å². The van der Waals surface area contributed by atoms with Crippen LogP contribution in [0.3, 0.4) is 0 Å². The number of aromatic nitrogens is 2. The first-order chi connectivity index (χ1) is 9.30. The summed E-state index contributed by atoms with van der Waals surface area (Å²) in [7, 11) is 0. The van der Waals surface area contributed by atoms with E-state index in [1.54, 1.807) is 0 Å². The summed E-state index contributed by atoms with van der Waals surface area (Å²) in [6, 6.07) is 6.42. The number of nitrogens with one attached hydrogen (secondary N) is 1. The molecular weight excluding hydrogens is 238 g/mol. The Bertz CT molecular complexity index is 533. The van der Waals surface area contributed by atoms with Gasteiger partial charge in [-0.1, -0.05) is 19.9 Å². The Morgan fingerprint density at radius 3 is 2.84 bits per heavy atom. The smallest absolute Gasteiger partial charge is 0.111 e. The minimum atomic E-state index is 0.148. The predicted octanol–water partition coefficient (Wildman–Crippen LogP) is 1.74. The normalized spacial score (nSPS) is 11.3. The fourth-order valence-electron chi connectivity index (χ4n) is 2.36. The molecule has 0 bridgehead atoms. The van der Waals surface area contributed by atoms with Crippen LogP contribution in [0.1, 0.15) is 25.2 Å². The van der Waals surface area contributed by atoms with Gasteiger partial charge < -0.3 is 15.0 Å². The summed E-state index contributed by atoms with van der Waals surface area (Å²) in [6.45, 7) is 6.91. The number of fused-ring (bicyclic) bond motifs is 1. The van der Waals surface area contributed by atoms with Gasteiger partial charge in [0.1, 0.15) is 5.82 Å². The molecule has 0 atom stereocenters. The molecule has 1 heterocycles. The van der Waals surface area contributed by atoms with Gasteiger partial charge in [0.25, 0.3) is 0 Å². The number of rotatable bonds is 7. The number of hydrogen-bond donors (Lipinski definition) is 2. The van der Waals surface area contributed by atoms with Gasteiger partial charge >= 0.3 is 0 Å². The highest BCUT2D eigenvalue weighted by atomic mass is 16.3. The predicted molar refractivity (Wildman–Crippen MR) is 78.4 cm³/mol. The first-order valence-corrected chi connectivity index (χ1v) is 7.09. The zero-order valence-corrected chi connectivity index (χ0v) is 11.8. The number of nitrogens with zero attached hydrogens (tertiary/aromatic N) is 2. The van der Waals surface area contributed by atoms with Crippen molar-refractivity contribution in [2.45, 2.75) is 33.2 Å². The molecule has 0 radical (unpaired) electrons. The number of benzene rings is 1. The quantitative estimate of drug-likeness (QED) is 0.747. The van der Waals surface area contributed by atoms with Crippen LogP contribution in [0, 0.1) is 0 Å². The highest BCUT2D eigenvalue weighted by Gasteiger charge is 2.10. The highest BCUT2D eigenvalue weighted by molar-refractivity contribution is 5.77. The summed E-state index contributed by atoms with van der Waals surface area (Å²) >= 11 is 0. The molecule has 1 aromatic heterocycles. The van der Waals surface area contributed by atoms with E-state index >= 15 is 0 Å². The molecule has 0 aliphatic heterocycles. The first-order valence-electron chi connectivity index (χ1n) is 7.09. The maximum atomic E-state index is 9.23. The van der Waals surface area contributed by atoms with Crippen LogP contribution in [-0.2, 0) is 19.4 Å². The molecule has 0 unspecified atom stereocenters. The lowest BCUT2D eigenvalue weighted by Gasteiger charge is -2.07. The molecule has 0 amide bonds. The first kappa shape index (κ1) is 14.0. The third kappa shape index (κ3) is 3.14. The standard InChI is InChI=1S/C15H23N3O/c1-3-12-5-6-14-13(11-12)17-15(7-8-16-4-2)18(14)9-10-19/h5-6,11,16,19H,3-4,7-10H2,1-2H3. The summed E-state index contributed by atoms with van der Waals surface area (Å²) in [5.41, 5.74) is 3.47. The second-order valence-corrected chi connectivity index (χ2v) is 4.68. The van der Waals surface area contributed by atoms with Gasteiger partial charge in [-0.25, -0.2) is 4.98 Å². The van der Waals surface area contributed by atoms with Crippen LogP contribution in [0.15, 0.2) is 18.2 Å². The second kappa shape index (κ2) is 6.68. The Hall–Kier alpha value is -1.39. The summed E-state index contributed by atoms with van der Waals surface area (Å²) in [4.78, 5) is 4.72. The summed E-state index contributed by atoms with van der Waals surface area (Å²) < 4.78 is 2.13. The van der Waals surface area contributed by atoms with Gasteiger partial charge in [0, 0.05) is 19.5 Å². The third-order valence-corrected chi connectivity index (χ3v) is 3.40. The van der Waals surface area contributed by atoms with Gasteiger partial charge in [0.2, 0.25) is 0 Å². The van der Waals surface area contributed by atoms with Crippen molar-refractivity contribution in [1.29, 1.82) is 0 Å². The van der Waals surface area contributed by atoms with Gasteiger partial charge in [0.05, 0.1) is 17.6 Å². The molecule has 1 aromatic carbocycles. The van der Waals surface area contributed by atoms with Crippen molar-refractivity contribution >= 4 is 11.0 Å². The molecule has 0 fully saturated rings. The molecule has 2 rings (SSSR count). The van der Waals surface area contributed by atoms with E-state index in [0.717, 1.165) is 42.8 Å². The average molecular weight is 261 g/mol. The van der Waals surface area contributed by atoms with E-state index < -0.39 is 0 Å². The molecule has 104 valence electrons. The van der Waals surface area contributed by atoms with E-state index in [1.165, 1.54) is 5.56 Å². The zero-order valence-electron chi connectivity index (χ0n) is 11.8. The maximum Gasteiger partial charge on any atom is 0.111 e. The number of aliphatic hydroxyl groups excluding tert-OH is 1. The molecule has 2 N–H and O–H groups in total. The number of likely N-dealkylation sites (N-methyl/N-ethyl adjacent to an activating group) is 1. The van der Waals surface area contributed by atoms with Crippen molar-refractivity contribution in [1.82, 2.24) is 14.9 Å². The van der Waals surface area contributed by atoms with Gasteiger partial charge in [-0.3, -0.25) is 0 Å². The van der Waals surface area contributed by atoms with Crippen LogP contribution < -0.4 is 5.32 Å². The molecule has 0 aliphatic rings. The molecule has 0 saturated heterocycles. The monoisotopic (exact) mass is 261 g/mol. The van der Waals surface area contributed by atoms with E-state index in [1.807, 2.05) is 0 Å². The van der Waals surface area contributed by atoms with E-state index in [-0.39, 0.29) is 6.61 Å². The molecule has 2 aromatic rings. The molecule has 4 nitrogen and oxygen atoms in total. The average Bonchev–Trinajstić information content (AvgIpc) is 2.77. The fourth-order valence-corrected chi connectivity index (χ4v) is 2.36. The van der Waals surface area contributed by atoms with Crippen LogP contribution in [0.5, 0.6) is 0 Å². The van der Waals surface area contributed by atoms with Gasteiger partial charge in [-0.15, -0.1) is 0 Å². The number of hydrogen-bond acceptors (Lipinski definition) is 3. The highest BCUT2D eigenvalue weighted by Crippen LogP contribution is 2.18. The molecule has 4 heteroatoms. The SMILES string of the molecule is CCNCCc1nc2cc(CC)ccc2n1CCO. The van der Waals surface area contributed by atoms with E-state index in [0.29, 0.717) is 6.54 Å². The van der Waals surface area contributed by atoms with E-state index in [4.69, 9.17) is 4.98 Å². The largest absolute Gasteiger partial charge is 0.395 e. The van der Waals surface area contributed by atoms with E-state index in [9.17, 15) is 5.11 Å². The topological polar surface area (TPSA) is 50.1 Å². The van der Waals surface area contributed by atoms with Crippen molar-refractivity contribution in [3.8, 4) is 0 Å². The Balaban J connectivity index is 2.34. The van der Waals surface area contributed by atoms with Crippen molar-refractivity contribution in [2.24, 2.45) is 0 Å². The summed E-state index contributed by atoms with van der Waals surface area (Å²) in [6.07, 6.45) is 1.92. The maximum absolute atomic E-state index is 9.23.